The van der Waals surface area contributed by atoms with Crippen LogP contribution in [-0.2, 0) is 11.2 Å². The van der Waals surface area contributed by atoms with Gasteiger partial charge in [0.2, 0.25) is 5.91 Å². The van der Waals surface area contributed by atoms with Crippen LogP contribution in [0.3, 0.4) is 0 Å². The first-order valence-corrected chi connectivity index (χ1v) is 11.7. The zero-order valence-corrected chi connectivity index (χ0v) is 18.4. The topological polar surface area (TPSA) is 73.2 Å². The fourth-order valence-corrected chi connectivity index (χ4v) is 4.99. The predicted octanol–water partition coefficient (Wildman–Crippen LogP) is 4.15. The van der Waals surface area contributed by atoms with Crippen LogP contribution in [0.2, 0.25) is 0 Å². The van der Waals surface area contributed by atoms with E-state index in [2.05, 4.69) is 10.3 Å². The number of aryl methyl sites for hydroxylation is 1. The Morgan fingerprint density at radius 3 is 2.68 bits per heavy atom. The molecule has 160 valence electrons. The standard InChI is InChI=1S/C22H20FN3O3S2/c1-2-29-17-9-7-16(8-10-17)26-21(28)20-18(11-12-30-20)25-22(26)31-13-19(27)24-15-5-3-14(23)4-6-15/h3-10H,2,11-13H2,1H3,(H,24,27). The average molecular weight is 458 g/mol. The number of fused-ring (bicyclic) bond motifs is 1. The fraction of sp³-hybridized carbons (Fsp3) is 0.227. The molecule has 1 aliphatic heterocycles. The summed E-state index contributed by atoms with van der Waals surface area (Å²) in [6.45, 7) is 2.46. The van der Waals surface area contributed by atoms with Crippen molar-refractivity contribution < 1.29 is 13.9 Å². The lowest BCUT2D eigenvalue weighted by atomic mass is 10.3. The van der Waals surface area contributed by atoms with Crippen molar-refractivity contribution in [2.24, 2.45) is 0 Å². The highest BCUT2D eigenvalue weighted by molar-refractivity contribution is 8.00. The van der Waals surface area contributed by atoms with Gasteiger partial charge in [-0.3, -0.25) is 14.2 Å². The van der Waals surface area contributed by atoms with Crippen molar-refractivity contribution in [3.05, 3.63) is 70.4 Å². The lowest BCUT2D eigenvalue weighted by molar-refractivity contribution is -0.113. The number of thioether (sulfide) groups is 2. The number of rotatable bonds is 7. The quantitative estimate of drug-likeness (QED) is 0.425. The largest absolute Gasteiger partial charge is 0.494 e. The number of halogens is 1. The summed E-state index contributed by atoms with van der Waals surface area (Å²) in [5, 5.41) is 3.19. The van der Waals surface area contributed by atoms with Crippen LogP contribution in [0.4, 0.5) is 10.1 Å². The maximum Gasteiger partial charge on any atom is 0.272 e. The number of hydrogen-bond acceptors (Lipinski definition) is 6. The molecule has 0 unspecified atom stereocenters. The van der Waals surface area contributed by atoms with Gasteiger partial charge in [-0.05, 0) is 55.5 Å². The Bertz CT molecular complexity index is 1150. The molecule has 3 aromatic rings. The molecular formula is C22H20FN3O3S2. The first-order valence-electron chi connectivity index (χ1n) is 9.75. The molecule has 1 aliphatic rings. The minimum Gasteiger partial charge on any atom is -0.494 e. The van der Waals surface area contributed by atoms with E-state index >= 15 is 0 Å². The summed E-state index contributed by atoms with van der Waals surface area (Å²) in [7, 11) is 0. The Kier molecular flexibility index (Phi) is 6.62. The van der Waals surface area contributed by atoms with Crippen molar-refractivity contribution in [2.45, 2.75) is 23.4 Å². The summed E-state index contributed by atoms with van der Waals surface area (Å²) in [5.74, 6) is 0.967. The highest BCUT2D eigenvalue weighted by Crippen LogP contribution is 2.30. The molecule has 0 spiro atoms. The third kappa shape index (κ3) is 4.94. The molecule has 0 saturated carbocycles. The van der Waals surface area contributed by atoms with Crippen LogP contribution in [0, 0.1) is 5.82 Å². The minimum atomic E-state index is -0.369. The van der Waals surface area contributed by atoms with Gasteiger partial charge in [0.25, 0.3) is 5.56 Å². The number of carbonyl (C=O) groups excluding carboxylic acids is 1. The Morgan fingerprint density at radius 1 is 1.23 bits per heavy atom. The van der Waals surface area contributed by atoms with Crippen LogP contribution in [0.5, 0.6) is 5.75 Å². The summed E-state index contributed by atoms with van der Waals surface area (Å²) in [4.78, 5) is 30.9. The second-order valence-electron chi connectivity index (χ2n) is 6.68. The molecule has 31 heavy (non-hydrogen) atoms. The Morgan fingerprint density at radius 2 is 1.97 bits per heavy atom. The molecule has 1 N–H and O–H groups in total. The predicted molar refractivity (Wildman–Crippen MR) is 121 cm³/mol. The van der Waals surface area contributed by atoms with Gasteiger partial charge in [-0.1, -0.05) is 11.8 Å². The molecule has 0 saturated heterocycles. The van der Waals surface area contributed by atoms with Gasteiger partial charge in [-0.15, -0.1) is 11.8 Å². The number of nitrogens with zero attached hydrogens (tertiary/aromatic N) is 2. The van der Waals surface area contributed by atoms with Crippen molar-refractivity contribution in [3.8, 4) is 11.4 Å². The van der Waals surface area contributed by atoms with Crippen LogP contribution in [-0.4, -0.2) is 33.6 Å². The van der Waals surface area contributed by atoms with E-state index in [1.807, 2.05) is 19.1 Å². The van der Waals surface area contributed by atoms with E-state index in [0.717, 1.165) is 23.6 Å². The van der Waals surface area contributed by atoms with Gasteiger partial charge < -0.3 is 10.1 Å². The second-order valence-corrected chi connectivity index (χ2v) is 8.73. The number of ether oxygens (including phenoxy) is 1. The maximum atomic E-state index is 13.2. The molecule has 0 radical (unpaired) electrons. The number of hydrogen-bond donors (Lipinski definition) is 1. The number of aromatic nitrogens is 2. The van der Waals surface area contributed by atoms with E-state index in [4.69, 9.17) is 4.74 Å². The third-order valence-electron chi connectivity index (χ3n) is 4.53. The molecule has 4 rings (SSSR count). The van der Waals surface area contributed by atoms with E-state index < -0.39 is 0 Å². The summed E-state index contributed by atoms with van der Waals surface area (Å²) < 4.78 is 20.1. The van der Waals surface area contributed by atoms with Crippen molar-refractivity contribution in [2.75, 3.05) is 23.4 Å². The monoisotopic (exact) mass is 457 g/mol. The number of nitrogens with one attached hydrogen (secondary N) is 1. The Balaban J connectivity index is 1.59. The Hall–Kier alpha value is -2.78. The van der Waals surface area contributed by atoms with Crippen molar-refractivity contribution >= 4 is 35.1 Å². The molecule has 0 aliphatic carbocycles. The van der Waals surface area contributed by atoms with Gasteiger partial charge >= 0.3 is 0 Å². The number of benzene rings is 2. The normalized spacial score (nSPS) is 12.5. The van der Waals surface area contributed by atoms with Gasteiger partial charge in [0.1, 0.15) is 11.6 Å². The van der Waals surface area contributed by atoms with Gasteiger partial charge in [0, 0.05) is 17.9 Å². The average Bonchev–Trinajstić information content (AvgIpc) is 3.24. The molecule has 2 heterocycles. The molecule has 6 nitrogen and oxygen atoms in total. The van der Waals surface area contributed by atoms with E-state index in [1.165, 1.54) is 47.8 Å². The summed E-state index contributed by atoms with van der Waals surface area (Å²) >= 11 is 2.70. The van der Waals surface area contributed by atoms with Crippen molar-refractivity contribution in [1.29, 1.82) is 0 Å². The molecule has 0 atom stereocenters. The molecular weight excluding hydrogens is 437 g/mol. The summed E-state index contributed by atoms with van der Waals surface area (Å²) in [5.41, 5.74) is 1.82. The zero-order valence-electron chi connectivity index (χ0n) is 16.8. The lowest BCUT2D eigenvalue weighted by Crippen LogP contribution is -2.24. The summed E-state index contributed by atoms with van der Waals surface area (Å²) in [6.07, 6.45) is 0.731. The molecule has 9 heteroatoms. The third-order valence-corrected chi connectivity index (χ3v) is 6.58. The van der Waals surface area contributed by atoms with E-state index in [-0.39, 0.29) is 23.0 Å². The van der Waals surface area contributed by atoms with Gasteiger partial charge in [0.15, 0.2) is 5.16 Å². The van der Waals surface area contributed by atoms with Gasteiger partial charge in [-0.2, -0.15) is 0 Å². The van der Waals surface area contributed by atoms with Crippen LogP contribution in [0.1, 0.15) is 12.6 Å². The van der Waals surface area contributed by atoms with Crippen LogP contribution < -0.4 is 15.6 Å². The molecule has 1 aromatic heterocycles. The van der Waals surface area contributed by atoms with E-state index in [9.17, 15) is 14.0 Å². The van der Waals surface area contributed by atoms with Crippen LogP contribution in [0.15, 0.2) is 63.4 Å². The van der Waals surface area contributed by atoms with Crippen molar-refractivity contribution in [3.63, 3.8) is 0 Å². The van der Waals surface area contributed by atoms with Crippen molar-refractivity contribution in [1.82, 2.24) is 9.55 Å². The SMILES string of the molecule is CCOc1ccc(-n2c(SCC(=O)Nc3ccc(F)cc3)nc3c(c2=O)SCC3)cc1. The highest BCUT2D eigenvalue weighted by Gasteiger charge is 2.23. The van der Waals surface area contributed by atoms with E-state index in [0.29, 0.717) is 28.0 Å². The highest BCUT2D eigenvalue weighted by atomic mass is 32.2. The van der Waals surface area contributed by atoms with E-state index in [1.54, 1.807) is 16.7 Å². The first kappa shape index (κ1) is 21.5. The molecule has 0 fully saturated rings. The second kappa shape index (κ2) is 9.57. The van der Waals surface area contributed by atoms with Crippen LogP contribution in [0.25, 0.3) is 5.69 Å². The molecule has 0 bridgehead atoms. The fourth-order valence-electron chi connectivity index (χ4n) is 3.14. The first-order chi connectivity index (χ1) is 15.0. The van der Waals surface area contributed by atoms with Gasteiger partial charge in [0.05, 0.1) is 28.6 Å². The zero-order chi connectivity index (χ0) is 21.8. The maximum absolute atomic E-state index is 13.2. The summed E-state index contributed by atoms with van der Waals surface area (Å²) in [6, 6.07) is 12.8. The number of carbonyl (C=O) groups is 1. The van der Waals surface area contributed by atoms with Crippen LogP contribution >= 0.6 is 23.5 Å². The smallest absolute Gasteiger partial charge is 0.272 e. The Labute approximate surface area is 187 Å². The number of amides is 1. The minimum absolute atomic E-state index is 0.0623. The number of anilines is 1. The lowest BCUT2D eigenvalue weighted by Gasteiger charge is -2.14. The molecule has 2 aromatic carbocycles. The molecule has 1 amide bonds. The van der Waals surface area contributed by atoms with Gasteiger partial charge in [-0.25, -0.2) is 9.37 Å².